The minimum atomic E-state index is -4.75. The van der Waals surface area contributed by atoms with Crippen molar-refractivity contribution >= 4 is 11.6 Å². The third kappa shape index (κ3) is 4.00. The molecule has 0 atom stereocenters. The van der Waals surface area contributed by atoms with Crippen LogP contribution >= 0.6 is 0 Å². The third-order valence-electron chi connectivity index (χ3n) is 3.07. The molecule has 0 bridgehead atoms. The number of hydrogen-bond donors (Lipinski definition) is 1. The first-order valence-corrected chi connectivity index (χ1v) is 6.49. The minimum absolute atomic E-state index is 0.247. The average molecular weight is 309 g/mol. The number of carbonyl (C=O) groups excluding carboxylic acids is 1. The Morgan fingerprint density at radius 3 is 2.05 bits per heavy atom. The Bertz CT molecular complexity index is 659. The second kappa shape index (κ2) is 6.09. The van der Waals surface area contributed by atoms with Gasteiger partial charge in [-0.05, 0) is 49.2 Å². The lowest BCUT2D eigenvalue weighted by atomic mass is 10.1. The molecule has 2 aromatic rings. The van der Waals surface area contributed by atoms with Gasteiger partial charge in [0.1, 0.15) is 5.75 Å². The van der Waals surface area contributed by atoms with Gasteiger partial charge in [0.15, 0.2) is 0 Å². The highest BCUT2D eigenvalue weighted by molar-refractivity contribution is 6.05. The number of halogens is 3. The van der Waals surface area contributed by atoms with Crippen molar-refractivity contribution in [1.82, 2.24) is 0 Å². The average Bonchev–Trinajstić information content (AvgIpc) is 2.42. The van der Waals surface area contributed by atoms with Crippen molar-refractivity contribution < 1.29 is 22.7 Å². The van der Waals surface area contributed by atoms with E-state index in [2.05, 4.69) is 10.1 Å². The molecule has 3 nitrogen and oxygen atoms in total. The molecule has 0 aliphatic carbocycles. The highest BCUT2D eigenvalue weighted by Gasteiger charge is 2.31. The summed E-state index contributed by atoms with van der Waals surface area (Å²) in [5.41, 5.74) is 2.76. The quantitative estimate of drug-likeness (QED) is 0.909. The van der Waals surface area contributed by atoms with Gasteiger partial charge in [-0.15, -0.1) is 13.2 Å². The first kappa shape index (κ1) is 15.9. The molecule has 0 unspecified atom stereocenters. The molecule has 0 spiro atoms. The lowest BCUT2D eigenvalue weighted by Crippen LogP contribution is -2.17. The predicted octanol–water partition coefficient (Wildman–Crippen LogP) is 4.45. The Labute approximate surface area is 125 Å². The topological polar surface area (TPSA) is 38.3 Å². The number of carbonyl (C=O) groups is 1. The maximum atomic E-state index is 12.1. The number of amides is 1. The first-order chi connectivity index (χ1) is 10.3. The van der Waals surface area contributed by atoms with E-state index in [1.54, 1.807) is 0 Å². The summed E-state index contributed by atoms with van der Waals surface area (Å²) in [5, 5.41) is 2.76. The molecule has 0 saturated heterocycles. The van der Waals surface area contributed by atoms with E-state index in [0.29, 0.717) is 5.69 Å². The summed E-state index contributed by atoms with van der Waals surface area (Å²) in [7, 11) is 0. The summed E-state index contributed by atoms with van der Waals surface area (Å²) in [5.74, 6) is -0.757. The van der Waals surface area contributed by atoms with Crippen molar-refractivity contribution in [2.24, 2.45) is 0 Å². The van der Waals surface area contributed by atoms with Crippen LogP contribution in [0.3, 0.4) is 0 Å². The monoisotopic (exact) mass is 309 g/mol. The standard InChI is InChI=1S/C16H14F3NO2/c1-10-4-3-5-11(2)14(10)20-15(21)12-6-8-13(9-7-12)22-16(17,18)19/h3-9H,1-2H3,(H,20,21). The number of ether oxygens (including phenoxy) is 1. The maximum Gasteiger partial charge on any atom is 0.573 e. The summed E-state index contributed by atoms with van der Waals surface area (Å²) < 4.78 is 40.0. The molecular weight excluding hydrogens is 295 g/mol. The second-order valence-electron chi connectivity index (χ2n) is 4.79. The van der Waals surface area contributed by atoms with Gasteiger partial charge < -0.3 is 10.1 Å². The van der Waals surface area contributed by atoms with Gasteiger partial charge >= 0.3 is 6.36 Å². The van der Waals surface area contributed by atoms with Crippen molar-refractivity contribution in [3.63, 3.8) is 0 Å². The number of aryl methyl sites for hydroxylation is 2. The predicted molar refractivity (Wildman–Crippen MR) is 77.0 cm³/mol. The molecule has 22 heavy (non-hydrogen) atoms. The molecule has 0 aromatic heterocycles. The van der Waals surface area contributed by atoms with Crippen molar-refractivity contribution in [2.45, 2.75) is 20.2 Å². The Kier molecular flexibility index (Phi) is 4.40. The van der Waals surface area contributed by atoms with E-state index >= 15 is 0 Å². The molecular formula is C16H14F3NO2. The summed E-state index contributed by atoms with van der Waals surface area (Å²) >= 11 is 0. The smallest absolute Gasteiger partial charge is 0.406 e. The Balaban J connectivity index is 2.13. The summed E-state index contributed by atoms with van der Waals surface area (Å²) in [6, 6.07) is 10.4. The van der Waals surface area contributed by atoms with Crippen LogP contribution in [0.4, 0.5) is 18.9 Å². The fourth-order valence-electron chi connectivity index (χ4n) is 2.01. The first-order valence-electron chi connectivity index (χ1n) is 6.49. The number of nitrogens with one attached hydrogen (secondary N) is 1. The molecule has 6 heteroatoms. The molecule has 0 fully saturated rings. The summed E-state index contributed by atoms with van der Waals surface area (Å²) in [6.07, 6.45) is -4.75. The van der Waals surface area contributed by atoms with Gasteiger partial charge in [-0.25, -0.2) is 0 Å². The molecule has 0 aliphatic rings. The summed E-state index contributed by atoms with van der Waals surface area (Å²) in [6.45, 7) is 3.73. The maximum absolute atomic E-state index is 12.1. The largest absolute Gasteiger partial charge is 0.573 e. The lowest BCUT2D eigenvalue weighted by Gasteiger charge is -2.12. The van der Waals surface area contributed by atoms with Gasteiger partial charge in [0.05, 0.1) is 0 Å². The van der Waals surface area contributed by atoms with Gasteiger partial charge in [0, 0.05) is 11.3 Å². The zero-order chi connectivity index (χ0) is 16.3. The van der Waals surface area contributed by atoms with Crippen LogP contribution in [0.1, 0.15) is 21.5 Å². The van der Waals surface area contributed by atoms with Crippen molar-refractivity contribution in [3.05, 3.63) is 59.2 Å². The van der Waals surface area contributed by atoms with Crippen molar-refractivity contribution in [1.29, 1.82) is 0 Å². The normalized spacial score (nSPS) is 11.1. The second-order valence-corrected chi connectivity index (χ2v) is 4.79. The van der Waals surface area contributed by atoms with Gasteiger partial charge in [0.2, 0.25) is 0 Å². The molecule has 116 valence electrons. The Morgan fingerprint density at radius 2 is 1.55 bits per heavy atom. The van der Waals surface area contributed by atoms with Crippen LogP contribution in [0.5, 0.6) is 5.75 Å². The fourth-order valence-corrected chi connectivity index (χ4v) is 2.01. The zero-order valence-electron chi connectivity index (χ0n) is 12.0. The molecule has 1 amide bonds. The van der Waals surface area contributed by atoms with Gasteiger partial charge in [0.25, 0.3) is 5.91 Å². The molecule has 1 N–H and O–H groups in total. The Hall–Kier alpha value is -2.50. The van der Waals surface area contributed by atoms with E-state index in [4.69, 9.17) is 0 Å². The van der Waals surface area contributed by atoms with E-state index < -0.39 is 12.3 Å². The van der Waals surface area contributed by atoms with Crippen LogP contribution in [-0.4, -0.2) is 12.3 Å². The fraction of sp³-hybridized carbons (Fsp3) is 0.188. The summed E-state index contributed by atoms with van der Waals surface area (Å²) in [4.78, 5) is 12.1. The Morgan fingerprint density at radius 1 is 1.00 bits per heavy atom. The third-order valence-corrected chi connectivity index (χ3v) is 3.07. The molecule has 2 aromatic carbocycles. The zero-order valence-corrected chi connectivity index (χ0v) is 12.0. The molecule has 0 aliphatic heterocycles. The number of benzene rings is 2. The number of hydrogen-bond acceptors (Lipinski definition) is 2. The van der Waals surface area contributed by atoms with E-state index in [9.17, 15) is 18.0 Å². The van der Waals surface area contributed by atoms with E-state index in [1.807, 2.05) is 32.0 Å². The molecule has 0 heterocycles. The van der Waals surface area contributed by atoms with Gasteiger partial charge in [-0.3, -0.25) is 4.79 Å². The molecule has 0 saturated carbocycles. The van der Waals surface area contributed by atoms with Crippen LogP contribution in [0.25, 0.3) is 0 Å². The van der Waals surface area contributed by atoms with Gasteiger partial charge in [-0.1, -0.05) is 18.2 Å². The SMILES string of the molecule is Cc1cccc(C)c1NC(=O)c1ccc(OC(F)(F)F)cc1. The van der Waals surface area contributed by atoms with Gasteiger partial charge in [-0.2, -0.15) is 0 Å². The van der Waals surface area contributed by atoms with E-state index in [0.717, 1.165) is 23.3 Å². The van der Waals surface area contributed by atoms with Crippen LogP contribution in [0.15, 0.2) is 42.5 Å². The van der Waals surface area contributed by atoms with E-state index in [1.165, 1.54) is 12.1 Å². The van der Waals surface area contributed by atoms with Crippen LogP contribution in [0.2, 0.25) is 0 Å². The van der Waals surface area contributed by atoms with Crippen molar-refractivity contribution in [2.75, 3.05) is 5.32 Å². The number of anilines is 1. The number of alkyl halides is 3. The minimum Gasteiger partial charge on any atom is -0.406 e. The van der Waals surface area contributed by atoms with Crippen LogP contribution in [-0.2, 0) is 0 Å². The molecule has 2 rings (SSSR count). The number of para-hydroxylation sites is 1. The van der Waals surface area contributed by atoms with Crippen LogP contribution < -0.4 is 10.1 Å². The van der Waals surface area contributed by atoms with Crippen molar-refractivity contribution in [3.8, 4) is 5.75 Å². The molecule has 0 radical (unpaired) electrons. The highest BCUT2D eigenvalue weighted by Crippen LogP contribution is 2.24. The lowest BCUT2D eigenvalue weighted by molar-refractivity contribution is -0.274. The van der Waals surface area contributed by atoms with Crippen LogP contribution in [0, 0.1) is 13.8 Å². The highest BCUT2D eigenvalue weighted by atomic mass is 19.4. The number of rotatable bonds is 3. The van der Waals surface area contributed by atoms with E-state index in [-0.39, 0.29) is 11.3 Å².